The van der Waals surface area contributed by atoms with Gasteiger partial charge in [0, 0.05) is 37.5 Å². The van der Waals surface area contributed by atoms with Crippen LogP contribution in [0.15, 0.2) is 60.8 Å². The molecular formula is C22H23FN4O. The number of rotatable bonds is 6. The summed E-state index contributed by atoms with van der Waals surface area (Å²) in [5.41, 5.74) is 3.85. The van der Waals surface area contributed by atoms with Gasteiger partial charge in [-0.3, -0.25) is 4.79 Å². The van der Waals surface area contributed by atoms with Gasteiger partial charge in [-0.2, -0.15) is 0 Å². The molecule has 6 heteroatoms. The first-order chi connectivity index (χ1) is 13.4. The Bertz CT molecular complexity index is 971. The second-order valence-corrected chi connectivity index (χ2v) is 6.73. The van der Waals surface area contributed by atoms with Crippen molar-refractivity contribution in [3.8, 4) is 0 Å². The number of pyridine rings is 1. The Labute approximate surface area is 164 Å². The third-order valence-electron chi connectivity index (χ3n) is 4.38. The van der Waals surface area contributed by atoms with Crippen LogP contribution in [-0.4, -0.2) is 25.0 Å². The first-order valence-corrected chi connectivity index (χ1v) is 8.96. The van der Waals surface area contributed by atoms with Gasteiger partial charge in [0.15, 0.2) is 0 Å². The summed E-state index contributed by atoms with van der Waals surface area (Å²) in [4.78, 5) is 18.7. The molecule has 3 aromatic rings. The van der Waals surface area contributed by atoms with Gasteiger partial charge in [-0.05, 0) is 48.9 Å². The third kappa shape index (κ3) is 4.65. The molecule has 144 valence electrons. The second kappa shape index (κ2) is 8.52. The summed E-state index contributed by atoms with van der Waals surface area (Å²) in [6, 6.07) is 15.7. The topological polar surface area (TPSA) is 57.3 Å². The van der Waals surface area contributed by atoms with Crippen LogP contribution in [0.1, 0.15) is 21.5 Å². The highest BCUT2D eigenvalue weighted by Crippen LogP contribution is 2.20. The van der Waals surface area contributed by atoms with E-state index >= 15 is 0 Å². The molecule has 2 N–H and O–H groups in total. The minimum atomic E-state index is -0.255. The van der Waals surface area contributed by atoms with E-state index in [1.165, 1.54) is 6.07 Å². The molecule has 0 fully saturated rings. The minimum Gasteiger partial charge on any atom is -0.377 e. The number of carbonyl (C=O) groups excluding carboxylic acids is 1. The zero-order valence-corrected chi connectivity index (χ0v) is 16.2. The summed E-state index contributed by atoms with van der Waals surface area (Å²) in [6.45, 7) is 2.31. The summed E-state index contributed by atoms with van der Waals surface area (Å²) in [7, 11) is 3.94. The number of nitrogens with one attached hydrogen (secondary N) is 2. The van der Waals surface area contributed by atoms with Crippen molar-refractivity contribution in [3.63, 3.8) is 0 Å². The molecule has 0 aliphatic rings. The van der Waals surface area contributed by atoms with Gasteiger partial charge in [0.2, 0.25) is 0 Å². The number of aromatic nitrogens is 1. The van der Waals surface area contributed by atoms with Crippen LogP contribution in [0.25, 0.3) is 0 Å². The normalized spacial score (nSPS) is 10.4. The number of anilines is 3. The maximum atomic E-state index is 13.6. The van der Waals surface area contributed by atoms with Crippen molar-refractivity contribution in [2.45, 2.75) is 13.5 Å². The van der Waals surface area contributed by atoms with Crippen LogP contribution in [0.5, 0.6) is 0 Å². The smallest absolute Gasteiger partial charge is 0.255 e. The summed E-state index contributed by atoms with van der Waals surface area (Å²) in [6.07, 6.45) is 1.57. The molecule has 3 rings (SSSR count). The highest BCUT2D eigenvalue weighted by Gasteiger charge is 2.09. The van der Waals surface area contributed by atoms with Gasteiger partial charge in [0.05, 0.1) is 11.9 Å². The average molecular weight is 378 g/mol. The molecule has 0 saturated heterocycles. The van der Waals surface area contributed by atoms with E-state index in [-0.39, 0.29) is 11.7 Å². The van der Waals surface area contributed by atoms with Crippen LogP contribution in [0, 0.1) is 12.7 Å². The predicted molar refractivity (Wildman–Crippen MR) is 111 cm³/mol. The molecule has 1 heterocycles. The van der Waals surface area contributed by atoms with Gasteiger partial charge >= 0.3 is 0 Å². The standard InChI is InChI=1S/C22H23FN4O/c1-15-12-16(8-10-20(15)27(2)3)22(28)26-18-9-11-21(25-14-18)24-13-17-6-4-5-7-19(17)23/h4-12,14H,13H2,1-3H3,(H,24,25)(H,26,28). The number of carbonyl (C=O) groups is 1. The Hall–Kier alpha value is -3.41. The Morgan fingerprint density at radius 3 is 2.54 bits per heavy atom. The minimum absolute atomic E-state index is 0.192. The van der Waals surface area contributed by atoms with Crippen LogP contribution >= 0.6 is 0 Å². The maximum Gasteiger partial charge on any atom is 0.255 e. The van der Waals surface area contributed by atoms with Crippen molar-refractivity contribution in [3.05, 3.63) is 83.3 Å². The number of halogens is 1. The lowest BCUT2D eigenvalue weighted by atomic mass is 10.1. The monoisotopic (exact) mass is 378 g/mol. The van der Waals surface area contributed by atoms with E-state index in [4.69, 9.17) is 0 Å². The van der Waals surface area contributed by atoms with E-state index < -0.39 is 0 Å². The van der Waals surface area contributed by atoms with Gasteiger partial charge in [0.25, 0.3) is 5.91 Å². The van der Waals surface area contributed by atoms with Crippen molar-refractivity contribution in [2.75, 3.05) is 29.6 Å². The molecule has 0 unspecified atom stereocenters. The lowest BCUT2D eigenvalue weighted by Gasteiger charge is -2.16. The van der Waals surface area contributed by atoms with Crippen molar-refractivity contribution >= 4 is 23.1 Å². The lowest BCUT2D eigenvalue weighted by Crippen LogP contribution is -2.14. The first kappa shape index (κ1) is 19.4. The number of benzene rings is 2. The van der Waals surface area contributed by atoms with E-state index in [1.807, 2.05) is 38.1 Å². The van der Waals surface area contributed by atoms with Crippen molar-refractivity contribution < 1.29 is 9.18 Å². The van der Waals surface area contributed by atoms with Crippen LogP contribution in [0.3, 0.4) is 0 Å². The van der Waals surface area contributed by atoms with Crippen LogP contribution < -0.4 is 15.5 Å². The number of nitrogens with zero attached hydrogens (tertiary/aromatic N) is 2. The highest BCUT2D eigenvalue weighted by molar-refractivity contribution is 6.04. The molecule has 0 aliphatic heterocycles. The molecule has 0 atom stereocenters. The molecular weight excluding hydrogens is 355 g/mol. The zero-order chi connectivity index (χ0) is 20.1. The van der Waals surface area contributed by atoms with E-state index in [1.54, 1.807) is 42.6 Å². The van der Waals surface area contributed by atoms with Crippen LogP contribution in [0.2, 0.25) is 0 Å². The van der Waals surface area contributed by atoms with Crippen molar-refractivity contribution in [2.24, 2.45) is 0 Å². The van der Waals surface area contributed by atoms with E-state index in [2.05, 4.69) is 15.6 Å². The van der Waals surface area contributed by atoms with Gasteiger partial charge in [-0.1, -0.05) is 18.2 Å². The largest absolute Gasteiger partial charge is 0.377 e. The van der Waals surface area contributed by atoms with Gasteiger partial charge in [-0.25, -0.2) is 9.37 Å². The second-order valence-electron chi connectivity index (χ2n) is 6.73. The molecule has 0 radical (unpaired) electrons. The molecule has 1 aromatic heterocycles. The van der Waals surface area contributed by atoms with Crippen LogP contribution in [0.4, 0.5) is 21.6 Å². The summed E-state index contributed by atoms with van der Waals surface area (Å²) in [5.74, 6) is 0.157. The maximum absolute atomic E-state index is 13.6. The molecule has 5 nitrogen and oxygen atoms in total. The Morgan fingerprint density at radius 2 is 1.89 bits per heavy atom. The highest BCUT2D eigenvalue weighted by atomic mass is 19.1. The fourth-order valence-electron chi connectivity index (χ4n) is 2.90. The number of hydrogen-bond donors (Lipinski definition) is 2. The summed E-state index contributed by atoms with van der Waals surface area (Å²) < 4.78 is 13.6. The molecule has 28 heavy (non-hydrogen) atoms. The van der Waals surface area contributed by atoms with Gasteiger partial charge in [0.1, 0.15) is 11.6 Å². The zero-order valence-electron chi connectivity index (χ0n) is 16.2. The van der Waals surface area contributed by atoms with E-state index in [9.17, 15) is 9.18 Å². The van der Waals surface area contributed by atoms with E-state index in [0.717, 1.165) is 11.3 Å². The molecule has 2 aromatic carbocycles. The molecule has 0 saturated carbocycles. The number of amides is 1. The SMILES string of the molecule is Cc1cc(C(=O)Nc2ccc(NCc3ccccc3F)nc2)ccc1N(C)C. The van der Waals surface area contributed by atoms with Gasteiger partial charge in [-0.15, -0.1) is 0 Å². The molecule has 0 spiro atoms. The summed E-state index contributed by atoms with van der Waals surface area (Å²) >= 11 is 0. The first-order valence-electron chi connectivity index (χ1n) is 8.96. The van der Waals surface area contributed by atoms with Crippen molar-refractivity contribution in [1.29, 1.82) is 0 Å². The fraction of sp³-hybridized carbons (Fsp3) is 0.182. The third-order valence-corrected chi connectivity index (χ3v) is 4.38. The molecule has 0 aliphatic carbocycles. The number of aryl methyl sites for hydroxylation is 1. The Kier molecular flexibility index (Phi) is 5.89. The Morgan fingerprint density at radius 1 is 1.11 bits per heavy atom. The van der Waals surface area contributed by atoms with Crippen LogP contribution in [-0.2, 0) is 6.54 Å². The predicted octanol–water partition coefficient (Wildman–Crippen LogP) is 4.46. The van der Waals surface area contributed by atoms with Gasteiger partial charge < -0.3 is 15.5 Å². The quantitative estimate of drug-likeness (QED) is 0.665. The fourth-order valence-corrected chi connectivity index (χ4v) is 2.90. The van der Waals surface area contributed by atoms with Crippen molar-refractivity contribution in [1.82, 2.24) is 4.98 Å². The summed E-state index contributed by atoms with van der Waals surface area (Å²) in [5, 5.41) is 5.91. The Balaban J connectivity index is 1.61. The molecule has 0 bridgehead atoms. The number of hydrogen-bond acceptors (Lipinski definition) is 4. The molecule has 1 amide bonds. The van der Waals surface area contributed by atoms with E-state index in [0.29, 0.717) is 29.2 Å². The average Bonchev–Trinajstić information content (AvgIpc) is 2.68. The lowest BCUT2D eigenvalue weighted by molar-refractivity contribution is 0.102.